The van der Waals surface area contributed by atoms with Gasteiger partial charge in [-0.25, -0.2) is 0 Å². The second-order valence-corrected chi connectivity index (χ2v) is 7.32. The molecule has 0 atom stereocenters. The Hall–Kier alpha value is -3.79. The number of carbonyl (C=O) groups is 2. The smallest absolute Gasteiger partial charge is 0.276 e. The minimum absolute atomic E-state index is 0.0738. The molecule has 30 heavy (non-hydrogen) atoms. The van der Waals surface area contributed by atoms with Crippen LogP contribution in [-0.4, -0.2) is 18.4 Å². The van der Waals surface area contributed by atoms with Crippen LogP contribution in [-0.2, 0) is 16.0 Å². The van der Waals surface area contributed by atoms with E-state index in [-0.39, 0.29) is 18.9 Å². The second kappa shape index (κ2) is 9.14. The normalized spacial score (nSPS) is 10.6. The molecule has 7 heteroatoms. The van der Waals surface area contributed by atoms with E-state index in [1.165, 1.54) is 5.56 Å². The minimum Gasteiger partial charge on any atom is -0.484 e. The molecule has 3 rings (SSSR count). The van der Waals surface area contributed by atoms with Crippen molar-refractivity contribution in [2.45, 2.75) is 33.1 Å². The van der Waals surface area contributed by atoms with Crippen molar-refractivity contribution in [3.8, 4) is 11.8 Å². The van der Waals surface area contributed by atoms with Crippen LogP contribution in [0.15, 0.2) is 47.1 Å². The number of hydrogen-bond acceptors (Lipinski definition) is 5. The molecule has 0 aliphatic rings. The van der Waals surface area contributed by atoms with Gasteiger partial charge in [0, 0.05) is 10.9 Å². The summed E-state index contributed by atoms with van der Waals surface area (Å²) >= 11 is 0. The van der Waals surface area contributed by atoms with E-state index in [0.29, 0.717) is 17.2 Å². The lowest BCUT2D eigenvalue weighted by atomic mass is 9.95. The van der Waals surface area contributed by atoms with Gasteiger partial charge in [0.25, 0.3) is 5.91 Å². The number of benzene rings is 2. The Labute approximate surface area is 174 Å². The average Bonchev–Trinajstić information content (AvgIpc) is 3.11. The molecule has 0 bridgehead atoms. The molecule has 0 unspecified atom stereocenters. The number of hydrazine groups is 1. The van der Waals surface area contributed by atoms with Crippen LogP contribution in [0, 0.1) is 18.3 Å². The fourth-order valence-corrected chi connectivity index (χ4v) is 3.17. The number of rotatable bonds is 6. The van der Waals surface area contributed by atoms with Crippen molar-refractivity contribution in [1.82, 2.24) is 10.9 Å². The average molecular weight is 405 g/mol. The van der Waals surface area contributed by atoms with E-state index in [2.05, 4.69) is 30.8 Å². The van der Waals surface area contributed by atoms with Crippen molar-refractivity contribution < 1.29 is 18.7 Å². The Kier molecular flexibility index (Phi) is 6.38. The summed E-state index contributed by atoms with van der Waals surface area (Å²) in [6, 6.07) is 12.4. The summed E-state index contributed by atoms with van der Waals surface area (Å²) in [5.74, 6) is -0.0449. The number of nitriles is 1. The summed E-state index contributed by atoms with van der Waals surface area (Å²) in [5, 5.41) is 9.67. The third kappa shape index (κ3) is 4.97. The Morgan fingerprint density at radius 3 is 2.50 bits per heavy atom. The number of furan rings is 1. The van der Waals surface area contributed by atoms with Crippen molar-refractivity contribution in [1.29, 1.82) is 5.26 Å². The molecule has 2 N–H and O–H groups in total. The molecule has 0 aliphatic heterocycles. The SMILES string of the molecule is Cc1cc2occ(CC(=O)NNC(=O)COc3ccc(C#N)cc3)c2cc1C(C)C. The van der Waals surface area contributed by atoms with Gasteiger partial charge in [-0.1, -0.05) is 13.8 Å². The molecule has 2 amide bonds. The molecule has 0 saturated carbocycles. The Balaban J connectivity index is 1.53. The van der Waals surface area contributed by atoms with E-state index in [1.807, 2.05) is 19.1 Å². The van der Waals surface area contributed by atoms with Crippen molar-refractivity contribution in [3.63, 3.8) is 0 Å². The van der Waals surface area contributed by atoms with E-state index in [9.17, 15) is 9.59 Å². The Morgan fingerprint density at radius 2 is 1.83 bits per heavy atom. The zero-order valence-corrected chi connectivity index (χ0v) is 17.1. The lowest BCUT2D eigenvalue weighted by Crippen LogP contribution is -2.44. The molecule has 3 aromatic rings. The van der Waals surface area contributed by atoms with Gasteiger partial charge in [-0.05, 0) is 60.4 Å². The maximum absolute atomic E-state index is 12.3. The van der Waals surface area contributed by atoms with E-state index in [0.717, 1.165) is 22.1 Å². The number of fused-ring (bicyclic) bond motifs is 1. The lowest BCUT2D eigenvalue weighted by Gasteiger charge is -2.10. The summed E-state index contributed by atoms with van der Waals surface area (Å²) in [4.78, 5) is 24.1. The number of carbonyl (C=O) groups excluding carboxylic acids is 2. The number of amides is 2. The minimum atomic E-state index is -0.498. The predicted octanol–water partition coefficient (Wildman–Crippen LogP) is 3.51. The highest BCUT2D eigenvalue weighted by atomic mass is 16.5. The molecule has 0 radical (unpaired) electrons. The van der Waals surface area contributed by atoms with Gasteiger partial charge in [-0.3, -0.25) is 20.4 Å². The van der Waals surface area contributed by atoms with Crippen LogP contribution in [0.4, 0.5) is 0 Å². The van der Waals surface area contributed by atoms with Crippen LogP contribution >= 0.6 is 0 Å². The molecule has 2 aromatic carbocycles. The highest BCUT2D eigenvalue weighted by Gasteiger charge is 2.14. The molecular formula is C23H23N3O4. The van der Waals surface area contributed by atoms with Crippen LogP contribution in [0.2, 0.25) is 0 Å². The first-order valence-electron chi connectivity index (χ1n) is 9.58. The van der Waals surface area contributed by atoms with Crippen LogP contribution < -0.4 is 15.6 Å². The molecule has 0 spiro atoms. The molecule has 0 aliphatic carbocycles. The first-order valence-corrected chi connectivity index (χ1v) is 9.58. The zero-order valence-electron chi connectivity index (χ0n) is 17.1. The molecule has 0 fully saturated rings. The fourth-order valence-electron chi connectivity index (χ4n) is 3.17. The van der Waals surface area contributed by atoms with E-state index < -0.39 is 5.91 Å². The highest BCUT2D eigenvalue weighted by Crippen LogP contribution is 2.29. The second-order valence-electron chi connectivity index (χ2n) is 7.32. The van der Waals surface area contributed by atoms with Gasteiger partial charge in [0.1, 0.15) is 11.3 Å². The summed E-state index contributed by atoms with van der Waals surface area (Å²) < 4.78 is 10.9. The first-order chi connectivity index (χ1) is 14.4. The zero-order chi connectivity index (χ0) is 21.7. The van der Waals surface area contributed by atoms with Crippen LogP contribution in [0.1, 0.15) is 42.0 Å². The van der Waals surface area contributed by atoms with Crippen molar-refractivity contribution in [3.05, 3.63) is 64.9 Å². The number of hydrogen-bond donors (Lipinski definition) is 2. The van der Waals surface area contributed by atoms with Crippen molar-refractivity contribution in [2.75, 3.05) is 6.61 Å². The summed E-state index contributed by atoms with van der Waals surface area (Å²) in [5.41, 5.74) is 9.07. The molecule has 0 saturated heterocycles. The van der Waals surface area contributed by atoms with Gasteiger partial charge in [0.15, 0.2) is 6.61 Å². The molecule has 1 heterocycles. The highest BCUT2D eigenvalue weighted by molar-refractivity contribution is 5.89. The molecule has 1 aromatic heterocycles. The van der Waals surface area contributed by atoms with Gasteiger partial charge in [-0.2, -0.15) is 5.26 Å². The number of nitrogens with one attached hydrogen (secondary N) is 2. The van der Waals surface area contributed by atoms with Gasteiger partial charge in [0.05, 0.1) is 24.3 Å². The molecule has 154 valence electrons. The third-order valence-corrected chi connectivity index (χ3v) is 4.71. The third-order valence-electron chi connectivity index (χ3n) is 4.71. The van der Waals surface area contributed by atoms with Crippen LogP contribution in [0.5, 0.6) is 5.75 Å². The monoisotopic (exact) mass is 405 g/mol. The quantitative estimate of drug-likeness (QED) is 0.611. The lowest BCUT2D eigenvalue weighted by molar-refractivity contribution is -0.129. The predicted molar refractivity (Wildman–Crippen MR) is 112 cm³/mol. The maximum atomic E-state index is 12.3. The summed E-state index contributed by atoms with van der Waals surface area (Å²) in [7, 11) is 0. The Bertz CT molecular complexity index is 1110. The number of aryl methyl sites for hydroxylation is 1. The Morgan fingerprint density at radius 1 is 1.13 bits per heavy atom. The largest absolute Gasteiger partial charge is 0.484 e. The first kappa shape index (κ1) is 20.9. The van der Waals surface area contributed by atoms with Crippen LogP contribution in [0.3, 0.4) is 0 Å². The van der Waals surface area contributed by atoms with Gasteiger partial charge in [-0.15, -0.1) is 0 Å². The van der Waals surface area contributed by atoms with Gasteiger partial charge >= 0.3 is 0 Å². The number of nitrogens with zero attached hydrogens (tertiary/aromatic N) is 1. The summed E-state index contributed by atoms with van der Waals surface area (Å²) in [6.07, 6.45) is 1.65. The standard InChI is InChI=1S/C23H23N3O4/c1-14(2)19-10-20-17(12-30-21(20)8-15(19)3)9-22(27)25-26-23(28)13-29-18-6-4-16(11-24)5-7-18/h4-8,10,12,14H,9,13H2,1-3H3,(H,25,27)(H,26,28). The van der Waals surface area contributed by atoms with E-state index in [4.69, 9.17) is 14.4 Å². The van der Waals surface area contributed by atoms with Gasteiger partial charge in [0.2, 0.25) is 5.91 Å². The summed E-state index contributed by atoms with van der Waals surface area (Å²) in [6.45, 7) is 6.02. The van der Waals surface area contributed by atoms with Crippen molar-refractivity contribution >= 4 is 22.8 Å². The fraction of sp³-hybridized carbons (Fsp3) is 0.261. The van der Waals surface area contributed by atoms with E-state index >= 15 is 0 Å². The maximum Gasteiger partial charge on any atom is 0.276 e. The molecular weight excluding hydrogens is 382 g/mol. The topological polar surface area (TPSA) is 104 Å². The van der Waals surface area contributed by atoms with Gasteiger partial charge < -0.3 is 9.15 Å². The van der Waals surface area contributed by atoms with Crippen molar-refractivity contribution in [2.24, 2.45) is 0 Å². The molecule has 7 nitrogen and oxygen atoms in total. The van der Waals surface area contributed by atoms with Crippen LogP contribution in [0.25, 0.3) is 11.0 Å². The van der Waals surface area contributed by atoms with E-state index in [1.54, 1.807) is 30.5 Å². The number of ether oxygens (including phenoxy) is 1.